The average Bonchev–Trinajstić information content (AvgIpc) is 2.46. The molecule has 0 aliphatic carbocycles. The Morgan fingerprint density at radius 1 is 0.857 bits per heavy atom. The second-order valence-corrected chi connectivity index (χ2v) is 6.33. The van der Waals surface area contributed by atoms with Crippen molar-refractivity contribution in [3.8, 4) is 0 Å². The fourth-order valence-corrected chi connectivity index (χ4v) is 3.45. The number of hydrogen-bond acceptors (Lipinski definition) is 0. The highest BCUT2D eigenvalue weighted by Gasteiger charge is 2.20. The van der Waals surface area contributed by atoms with Crippen LogP contribution in [0.1, 0.15) is 44.3 Å². The van der Waals surface area contributed by atoms with Gasteiger partial charge in [0.1, 0.15) is 5.82 Å². The predicted octanol–water partition coefficient (Wildman–Crippen LogP) is 5.89. The van der Waals surface area contributed by atoms with E-state index in [9.17, 15) is 4.39 Å². The third-order valence-electron chi connectivity index (χ3n) is 4.73. The van der Waals surface area contributed by atoms with Crippen LogP contribution in [0, 0.1) is 40.4 Å². The Labute approximate surface area is 132 Å². The number of hydrogen-bond donors (Lipinski definition) is 0. The number of alkyl halides is 1. The van der Waals surface area contributed by atoms with E-state index in [0.717, 1.165) is 5.56 Å². The highest BCUT2D eigenvalue weighted by Crippen LogP contribution is 2.35. The van der Waals surface area contributed by atoms with E-state index in [1.54, 1.807) is 6.07 Å². The zero-order valence-electron chi connectivity index (χ0n) is 13.3. The lowest BCUT2D eigenvalue weighted by Gasteiger charge is -2.22. The summed E-state index contributed by atoms with van der Waals surface area (Å²) in [6.07, 6.45) is 0.512. The van der Waals surface area contributed by atoms with Gasteiger partial charge >= 0.3 is 0 Å². The normalized spacial score (nSPS) is 12.5. The Kier molecular flexibility index (Phi) is 4.73. The van der Waals surface area contributed by atoms with Crippen LogP contribution in [0.5, 0.6) is 0 Å². The van der Waals surface area contributed by atoms with Crippen LogP contribution in [0.15, 0.2) is 24.3 Å². The zero-order valence-corrected chi connectivity index (χ0v) is 14.1. The van der Waals surface area contributed by atoms with Gasteiger partial charge in [-0.2, -0.15) is 0 Å². The van der Waals surface area contributed by atoms with E-state index < -0.39 is 0 Å². The van der Waals surface area contributed by atoms with Gasteiger partial charge in [-0.05, 0) is 86.1 Å². The van der Waals surface area contributed by atoms with Gasteiger partial charge in [-0.1, -0.05) is 18.2 Å². The first-order valence-electron chi connectivity index (χ1n) is 7.29. The summed E-state index contributed by atoms with van der Waals surface area (Å²) >= 11 is 6.65. The Morgan fingerprint density at radius 3 is 1.86 bits per heavy atom. The molecular formula is C19H22ClF. The molecule has 0 fully saturated rings. The van der Waals surface area contributed by atoms with Crippen LogP contribution >= 0.6 is 11.6 Å². The van der Waals surface area contributed by atoms with Gasteiger partial charge < -0.3 is 0 Å². The Balaban J connectivity index is 2.45. The molecule has 112 valence electrons. The van der Waals surface area contributed by atoms with E-state index in [-0.39, 0.29) is 11.2 Å². The maximum Gasteiger partial charge on any atom is 0.126 e. The number of rotatable bonds is 3. The lowest BCUT2D eigenvalue weighted by atomic mass is 9.86. The topological polar surface area (TPSA) is 0 Å². The van der Waals surface area contributed by atoms with Crippen LogP contribution in [0.2, 0.25) is 0 Å². The first kappa shape index (κ1) is 16.0. The maximum atomic E-state index is 13.8. The van der Waals surface area contributed by atoms with Gasteiger partial charge in [0.05, 0.1) is 5.38 Å². The molecule has 0 nitrogen and oxygen atoms in total. The second kappa shape index (κ2) is 6.19. The fraction of sp³-hybridized carbons (Fsp3) is 0.368. The molecule has 0 spiro atoms. The van der Waals surface area contributed by atoms with Crippen molar-refractivity contribution in [2.75, 3.05) is 0 Å². The average molecular weight is 305 g/mol. The monoisotopic (exact) mass is 304 g/mol. The molecule has 1 unspecified atom stereocenters. The minimum Gasteiger partial charge on any atom is -0.207 e. The molecule has 0 N–H and O–H groups in total. The summed E-state index contributed by atoms with van der Waals surface area (Å²) in [5.41, 5.74) is 8.18. The van der Waals surface area contributed by atoms with Crippen molar-refractivity contribution in [3.63, 3.8) is 0 Å². The largest absolute Gasteiger partial charge is 0.207 e. The van der Waals surface area contributed by atoms with E-state index in [2.05, 4.69) is 34.6 Å². The predicted molar refractivity (Wildman–Crippen MR) is 88.8 cm³/mol. The lowest BCUT2D eigenvalue weighted by molar-refractivity contribution is 0.607. The van der Waals surface area contributed by atoms with E-state index in [4.69, 9.17) is 11.6 Å². The highest BCUT2D eigenvalue weighted by molar-refractivity contribution is 6.21. The Bertz CT molecular complexity index is 645. The van der Waals surface area contributed by atoms with Crippen molar-refractivity contribution in [2.45, 2.75) is 46.4 Å². The van der Waals surface area contributed by atoms with Crippen LogP contribution in [0.4, 0.5) is 4.39 Å². The minimum atomic E-state index is -0.208. The van der Waals surface area contributed by atoms with E-state index in [0.29, 0.717) is 12.0 Å². The van der Waals surface area contributed by atoms with E-state index >= 15 is 0 Å². The molecule has 1 atom stereocenters. The van der Waals surface area contributed by atoms with Crippen LogP contribution in [-0.2, 0) is 6.42 Å². The van der Waals surface area contributed by atoms with Crippen LogP contribution in [0.3, 0.4) is 0 Å². The minimum absolute atomic E-state index is 0.181. The van der Waals surface area contributed by atoms with Crippen molar-refractivity contribution in [1.82, 2.24) is 0 Å². The molecule has 21 heavy (non-hydrogen) atoms. The van der Waals surface area contributed by atoms with Crippen molar-refractivity contribution < 1.29 is 4.39 Å². The molecule has 0 radical (unpaired) electrons. The first-order chi connectivity index (χ1) is 9.84. The molecule has 2 heteroatoms. The molecule has 0 aliphatic heterocycles. The number of benzene rings is 2. The van der Waals surface area contributed by atoms with Gasteiger partial charge in [-0.25, -0.2) is 4.39 Å². The molecule has 2 aromatic carbocycles. The molecule has 2 aromatic rings. The summed E-state index contributed by atoms with van der Waals surface area (Å²) in [5.74, 6) is -0.181. The third kappa shape index (κ3) is 2.98. The molecule has 0 bridgehead atoms. The molecular weight excluding hydrogens is 283 g/mol. The SMILES string of the molecule is Cc1c(C)c(C)c(C(Cl)Cc2ccccc2F)c(C)c1C. The van der Waals surface area contributed by atoms with Crippen LogP contribution in [-0.4, -0.2) is 0 Å². The molecule has 2 rings (SSSR count). The maximum absolute atomic E-state index is 13.8. The summed E-state index contributed by atoms with van der Waals surface area (Å²) in [7, 11) is 0. The van der Waals surface area contributed by atoms with Gasteiger partial charge in [-0.3, -0.25) is 0 Å². The quantitative estimate of drug-likeness (QED) is 0.620. The van der Waals surface area contributed by atoms with Crippen molar-refractivity contribution in [2.24, 2.45) is 0 Å². The van der Waals surface area contributed by atoms with Crippen molar-refractivity contribution >= 4 is 11.6 Å². The van der Waals surface area contributed by atoms with Gasteiger partial charge in [0.15, 0.2) is 0 Å². The van der Waals surface area contributed by atoms with Crippen LogP contribution in [0.25, 0.3) is 0 Å². The van der Waals surface area contributed by atoms with Crippen molar-refractivity contribution in [3.05, 3.63) is 69.0 Å². The molecule has 0 amide bonds. The standard InChI is InChI=1S/C19H22ClF/c1-11-12(2)14(4)19(15(5)13(11)3)17(20)10-16-8-6-7-9-18(16)21/h6-9,17H,10H2,1-5H3. The van der Waals surface area contributed by atoms with E-state index in [1.807, 2.05) is 12.1 Å². The van der Waals surface area contributed by atoms with Gasteiger partial charge in [0.2, 0.25) is 0 Å². The van der Waals surface area contributed by atoms with Crippen LogP contribution < -0.4 is 0 Å². The molecule has 0 saturated heterocycles. The Morgan fingerprint density at radius 2 is 1.33 bits per heavy atom. The molecule has 0 saturated carbocycles. The highest BCUT2D eigenvalue weighted by atomic mass is 35.5. The first-order valence-corrected chi connectivity index (χ1v) is 7.72. The number of halogens is 2. The Hall–Kier alpha value is -1.34. The molecule has 0 aromatic heterocycles. The molecule has 0 heterocycles. The lowest BCUT2D eigenvalue weighted by Crippen LogP contribution is -2.07. The summed E-state index contributed by atoms with van der Waals surface area (Å²) in [6.45, 7) is 10.6. The fourth-order valence-electron chi connectivity index (χ4n) is 2.96. The summed E-state index contributed by atoms with van der Waals surface area (Å²) < 4.78 is 13.8. The molecule has 0 aliphatic rings. The zero-order chi connectivity index (χ0) is 15.7. The van der Waals surface area contributed by atoms with E-state index in [1.165, 1.54) is 33.9 Å². The second-order valence-electron chi connectivity index (χ2n) is 5.80. The van der Waals surface area contributed by atoms with Gasteiger partial charge in [0, 0.05) is 0 Å². The smallest absolute Gasteiger partial charge is 0.126 e. The third-order valence-corrected chi connectivity index (χ3v) is 5.10. The van der Waals surface area contributed by atoms with Gasteiger partial charge in [-0.15, -0.1) is 11.6 Å². The van der Waals surface area contributed by atoms with Crippen molar-refractivity contribution in [1.29, 1.82) is 0 Å². The van der Waals surface area contributed by atoms with Gasteiger partial charge in [0.25, 0.3) is 0 Å². The summed E-state index contributed by atoms with van der Waals surface area (Å²) in [6, 6.07) is 6.86. The summed E-state index contributed by atoms with van der Waals surface area (Å²) in [5, 5.41) is -0.208. The summed E-state index contributed by atoms with van der Waals surface area (Å²) in [4.78, 5) is 0.